The molecule has 7 nitrogen and oxygen atoms in total. The molecular weight excluding hydrogens is 424 g/mol. The molecule has 4 rings (SSSR count). The highest BCUT2D eigenvalue weighted by molar-refractivity contribution is 8.27. The van der Waals surface area contributed by atoms with Crippen LogP contribution in [-0.2, 0) is 4.79 Å². The number of hydrazone groups is 1. The van der Waals surface area contributed by atoms with Crippen molar-refractivity contribution >= 4 is 39.8 Å². The third-order valence-electron chi connectivity index (χ3n) is 4.78. The topological polar surface area (TPSA) is 87.3 Å². The lowest BCUT2D eigenvalue weighted by molar-refractivity contribution is -0.114. The normalized spacial score (nSPS) is 16.9. The highest BCUT2D eigenvalue weighted by Crippen LogP contribution is 2.31. The lowest BCUT2D eigenvalue weighted by atomic mass is 10.1. The van der Waals surface area contributed by atoms with E-state index < -0.39 is 5.91 Å². The zero-order valence-corrected chi connectivity index (χ0v) is 19.0. The molecule has 0 saturated heterocycles. The molecule has 0 bridgehead atoms. The zero-order chi connectivity index (χ0) is 22.7. The summed E-state index contributed by atoms with van der Waals surface area (Å²) in [5.41, 5.74) is 2.00. The van der Waals surface area contributed by atoms with Crippen molar-refractivity contribution in [2.24, 2.45) is 16.0 Å². The second-order valence-electron chi connectivity index (χ2n) is 7.66. The van der Waals surface area contributed by atoms with E-state index in [0.29, 0.717) is 29.7 Å². The fraction of sp³-hybridized carbons (Fsp3) is 0.250. The molecule has 1 N–H and O–H groups in total. The molecule has 0 aliphatic carbocycles. The predicted octanol–water partition coefficient (Wildman–Crippen LogP) is 4.73. The maximum absolute atomic E-state index is 12.6. The van der Waals surface area contributed by atoms with Crippen LogP contribution in [0.3, 0.4) is 0 Å². The molecule has 0 saturated carbocycles. The number of nitrogens with zero attached hydrogens (tertiary/aromatic N) is 3. The number of aryl methyl sites for hydroxylation is 1. The van der Waals surface area contributed by atoms with Crippen LogP contribution in [0.1, 0.15) is 25.0 Å². The summed E-state index contributed by atoms with van der Waals surface area (Å²) >= 11 is 1.33. The molecule has 2 aromatic rings. The fourth-order valence-corrected chi connectivity index (χ4v) is 4.04. The van der Waals surface area contributed by atoms with Crippen LogP contribution in [0.2, 0.25) is 0 Å². The zero-order valence-electron chi connectivity index (χ0n) is 18.2. The van der Waals surface area contributed by atoms with Gasteiger partial charge < -0.3 is 9.47 Å². The largest absolute Gasteiger partial charge is 0.490 e. The number of carbonyl (C=O) groups excluding carboxylic acids is 1. The van der Waals surface area contributed by atoms with Gasteiger partial charge in [0.05, 0.1) is 5.57 Å². The minimum absolute atomic E-state index is 0.0146. The number of thioether (sulfide) groups is 1. The number of rotatable bonds is 7. The summed E-state index contributed by atoms with van der Waals surface area (Å²) in [5, 5.41) is 15.6. The predicted molar refractivity (Wildman–Crippen MR) is 128 cm³/mol. The lowest BCUT2D eigenvalue weighted by Gasteiger charge is -2.20. The van der Waals surface area contributed by atoms with E-state index in [1.807, 2.05) is 69.3 Å². The summed E-state index contributed by atoms with van der Waals surface area (Å²) < 4.78 is 11.6. The minimum atomic E-state index is -0.452. The molecular formula is C24H24N4O3S. The van der Waals surface area contributed by atoms with Crippen molar-refractivity contribution < 1.29 is 14.3 Å². The minimum Gasteiger partial charge on any atom is -0.490 e. The number of amides is 1. The van der Waals surface area contributed by atoms with Crippen molar-refractivity contribution in [2.45, 2.75) is 20.8 Å². The summed E-state index contributed by atoms with van der Waals surface area (Å²) in [6, 6.07) is 15.2. The summed E-state index contributed by atoms with van der Waals surface area (Å²) in [6.07, 6.45) is 1.63. The Morgan fingerprint density at radius 1 is 1.12 bits per heavy atom. The van der Waals surface area contributed by atoms with Crippen molar-refractivity contribution in [1.82, 2.24) is 5.01 Å². The van der Waals surface area contributed by atoms with Gasteiger partial charge in [-0.15, -0.1) is 0 Å². The molecule has 0 fully saturated rings. The number of fused-ring (bicyclic) bond motifs is 1. The van der Waals surface area contributed by atoms with Gasteiger partial charge in [0.1, 0.15) is 29.8 Å². The molecule has 0 unspecified atom stereocenters. The maximum Gasteiger partial charge on any atom is 0.283 e. The maximum atomic E-state index is 12.6. The smallest absolute Gasteiger partial charge is 0.283 e. The van der Waals surface area contributed by atoms with Gasteiger partial charge in [0.25, 0.3) is 5.91 Å². The van der Waals surface area contributed by atoms with Gasteiger partial charge in [-0.1, -0.05) is 44.2 Å². The second-order valence-corrected chi connectivity index (χ2v) is 8.65. The van der Waals surface area contributed by atoms with Crippen LogP contribution < -0.4 is 9.47 Å². The summed E-state index contributed by atoms with van der Waals surface area (Å²) in [4.78, 5) is 16.8. The molecule has 0 radical (unpaired) electrons. The molecule has 0 aromatic heterocycles. The molecule has 2 aliphatic heterocycles. The second kappa shape index (κ2) is 9.40. The molecule has 2 heterocycles. The first-order chi connectivity index (χ1) is 15.4. The number of nitrogens with one attached hydrogen (secondary N) is 1. The summed E-state index contributed by atoms with van der Waals surface area (Å²) in [7, 11) is 0. The van der Waals surface area contributed by atoms with Gasteiger partial charge in [0.2, 0.25) is 5.17 Å². The summed E-state index contributed by atoms with van der Waals surface area (Å²) in [6.45, 7) is 6.77. The Labute approximate surface area is 191 Å². The van der Waals surface area contributed by atoms with Gasteiger partial charge >= 0.3 is 0 Å². The monoisotopic (exact) mass is 448 g/mol. The van der Waals surface area contributed by atoms with Crippen LogP contribution in [-0.4, -0.2) is 40.2 Å². The van der Waals surface area contributed by atoms with Crippen LogP contribution in [0.15, 0.2) is 64.2 Å². The van der Waals surface area contributed by atoms with E-state index in [1.54, 1.807) is 6.08 Å². The SMILES string of the molecule is Cc1cccc(OCCOc2ccccc2/C=C2/C(=N)N3N=C(C(C)C)SC3=NC2=O)c1. The van der Waals surface area contributed by atoms with Crippen molar-refractivity contribution in [3.05, 3.63) is 65.2 Å². The first kappa shape index (κ1) is 21.8. The van der Waals surface area contributed by atoms with Crippen LogP contribution in [0.5, 0.6) is 11.5 Å². The van der Waals surface area contributed by atoms with Crippen molar-refractivity contribution in [3.8, 4) is 11.5 Å². The van der Waals surface area contributed by atoms with E-state index in [0.717, 1.165) is 16.4 Å². The van der Waals surface area contributed by atoms with Gasteiger partial charge in [-0.25, -0.2) is 0 Å². The Bertz CT molecular complexity index is 1150. The number of hydrogen-bond donors (Lipinski definition) is 1. The highest BCUT2D eigenvalue weighted by atomic mass is 32.2. The Balaban J connectivity index is 1.47. The lowest BCUT2D eigenvalue weighted by Crippen LogP contribution is -2.35. The highest BCUT2D eigenvalue weighted by Gasteiger charge is 2.36. The van der Waals surface area contributed by atoms with Gasteiger partial charge in [-0.3, -0.25) is 10.2 Å². The quantitative estimate of drug-likeness (QED) is 0.489. The van der Waals surface area contributed by atoms with Crippen molar-refractivity contribution in [1.29, 1.82) is 5.41 Å². The molecule has 0 atom stereocenters. The Hall–Kier alpha value is -3.39. The van der Waals surface area contributed by atoms with E-state index in [2.05, 4.69) is 10.1 Å². The van der Waals surface area contributed by atoms with Gasteiger partial charge in [-0.2, -0.15) is 15.1 Å². The first-order valence-electron chi connectivity index (χ1n) is 10.3. The van der Waals surface area contributed by atoms with Gasteiger partial charge in [0.15, 0.2) is 5.84 Å². The third kappa shape index (κ3) is 4.75. The molecule has 32 heavy (non-hydrogen) atoms. The van der Waals surface area contributed by atoms with Gasteiger partial charge in [0, 0.05) is 11.5 Å². The van der Waals surface area contributed by atoms with Crippen LogP contribution in [0, 0.1) is 18.3 Å². The number of amidine groups is 2. The number of para-hydroxylation sites is 1. The molecule has 8 heteroatoms. The average molecular weight is 449 g/mol. The van der Waals surface area contributed by atoms with Crippen LogP contribution in [0.25, 0.3) is 6.08 Å². The van der Waals surface area contributed by atoms with Crippen molar-refractivity contribution in [2.75, 3.05) is 13.2 Å². The molecule has 2 aliphatic rings. The van der Waals surface area contributed by atoms with E-state index >= 15 is 0 Å². The van der Waals surface area contributed by atoms with E-state index in [9.17, 15) is 4.79 Å². The van der Waals surface area contributed by atoms with E-state index in [-0.39, 0.29) is 17.3 Å². The Morgan fingerprint density at radius 3 is 2.69 bits per heavy atom. The van der Waals surface area contributed by atoms with Gasteiger partial charge in [-0.05, 0) is 48.5 Å². The van der Waals surface area contributed by atoms with Crippen LogP contribution in [0.4, 0.5) is 0 Å². The number of aliphatic imine (C=N–C) groups is 1. The third-order valence-corrected chi connectivity index (χ3v) is 5.99. The number of hydrogen-bond acceptors (Lipinski definition) is 6. The fourth-order valence-electron chi connectivity index (χ4n) is 3.14. The Morgan fingerprint density at radius 2 is 1.91 bits per heavy atom. The number of carbonyl (C=O) groups is 1. The van der Waals surface area contributed by atoms with Crippen molar-refractivity contribution in [3.63, 3.8) is 0 Å². The number of benzene rings is 2. The molecule has 164 valence electrons. The summed E-state index contributed by atoms with van der Waals surface area (Å²) in [5.74, 6) is 1.15. The molecule has 0 spiro atoms. The molecule has 2 aromatic carbocycles. The average Bonchev–Trinajstić information content (AvgIpc) is 3.20. The van der Waals surface area contributed by atoms with Crippen LogP contribution >= 0.6 is 11.8 Å². The van der Waals surface area contributed by atoms with E-state index in [4.69, 9.17) is 14.9 Å². The standard InChI is InChI=1S/C24H24N4O3S/c1-15(2)23-27-28-21(25)19(22(29)26-24(28)32-23)14-17-8-4-5-10-20(17)31-12-11-30-18-9-6-7-16(3)13-18/h4-10,13-15,25H,11-12H2,1-3H3/b19-14-,25-21?. The number of ether oxygens (including phenoxy) is 2. The molecule has 1 amide bonds. The first-order valence-corrected chi connectivity index (χ1v) is 11.2. The van der Waals surface area contributed by atoms with E-state index in [1.165, 1.54) is 16.8 Å². The Kier molecular flexibility index (Phi) is 6.41.